The van der Waals surface area contributed by atoms with Crippen molar-refractivity contribution in [2.45, 2.75) is 13.3 Å². The van der Waals surface area contributed by atoms with Crippen LogP contribution in [0.15, 0.2) is 30.3 Å². The van der Waals surface area contributed by atoms with Gasteiger partial charge < -0.3 is 10.1 Å². The normalized spacial score (nSPS) is 10.4. The number of esters is 1. The molecule has 19 heavy (non-hydrogen) atoms. The largest absolute Gasteiger partial charge is 0.452 e. The highest BCUT2D eigenvalue weighted by Crippen LogP contribution is 2.10. The van der Waals surface area contributed by atoms with Gasteiger partial charge in [-0.25, -0.2) is 4.79 Å². The van der Waals surface area contributed by atoms with Gasteiger partial charge in [-0.2, -0.15) is 0 Å². The Morgan fingerprint density at radius 1 is 1.32 bits per heavy atom. The second kappa shape index (κ2) is 8.32. The van der Waals surface area contributed by atoms with E-state index in [-0.39, 0.29) is 12.5 Å². The molecule has 0 saturated heterocycles. The van der Waals surface area contributed by atoms with Crippen LogP contribution in [0.25, 0.3) is 6.08 Å². The lowest BCUT2D eigenvalue weighted by molar-refractivity contribution is -0.143. The molecule has 0 spiro atoms. The smallest absolute Gasteiger partial charge is 0.331 e. The van der Waals surface area contributed by atoms with Crippen LogP contribution in [-0.4, -0.2) is 25.0 Å². The lowest BCUT2D eigenvalue weighted by Crippen LogP contribution is -2.28. The molecular formula is C14H16ClNO3. The van der Waals surface area contributed by atoms with E-state index in [1.807, 2.05) is 6.92 Å². The van der Waals surface area contributed by atoms with Crippen molar-refractivity contribution in [3.63, 3.8) is 0 Å². The van der Waals surface area contributed by atoms with Gasteiger partial charge in [0.2, 0.25) is 0 Å². The third-order valence-corrected chi connectivity index (χ3v) is 2.45. The van der Waals surface area contributed by atoms with Crippen LogP contribution in [-0.2, 0) is 14.3 Å². The van der Waals surface area contributed by atoms with Gasteiger partial charge in [-0.3, -0.25) is 4.79 Å². The van der Waals surface area contributed by atoms with Crippen LogP contribution in [0.3, 0.4) is 0 Å². The number of benzene rings is 1. The van der Waals surface area contributed by atoms with Crippen molar-refractivity contribution in [1.82, 2.24) is 5.32 Å². The average Bonchev–Trinajstić information content (AvgIpc) is 2.42. The molecule has 1 aromatic rings. The Hall–Kier alpha value is -1.81. The highest BCUT2D eigenvalue weighted by molar-refractivity contribution is 6.30. The van der Waals surface area contributed by atoms with Gasteiger partial charge in [0.05, 0.1) is 0 Å². The number of amides is 1. The minimum absolute atomic E-state index is 0.260. The topological polar surface area (TPSA) is 55.4 Å². The molecule has 1 aromatic carbocycles. The van der Waals surface area contributed by atoms with Gasteiger partial charge in [-0.1, -0.05) is 30.7 Å². The molecule has 0 radical (unpaired) electrons. The number of hydrogen-bond donors (Lipinski definition) is 1. The summed E-state index contributed by atoms with van der Waals surface area (Å²) in [5.41, 5.74) is 0.830. The number of ether oxygens (including phenoxy) is 1. The van der Waals surface area contributed by atoms with E-state index in [1.54, 1.807) is 30.3 Å². The van der Waals surface area contributed by atoms with E-state index in [1.165, 1.54) is 6.08 Å². The Morgan fingerprint density at radius 3 is 2.63 bits per heavy atom. The van der Waals surface area contributed by atoms with Gasteiger partial charge in [0.25, 0.3) is 5.91 Å². The highest BCUT2D eigenvalue weighted by atomic mass is 35.5. The molecule has 0 heterocycles. The first-order valence-corrected chi connectivity index (χ1v) is 6.36. The minimum Gasteiger partial charge on any atom is -0.452 e. The van der Waals surface area contributed by atoms with Crippen molar-refractivity contribution >= 4 is 29.6 Å². The van der Waals surface area contributed by atoms with E-state index < -0.39 is 5.97 Å². The van der Waals surface area contributed by atoms with Crippen molar-refractivity contribution in [3.05, 3.63) is 40.9 Å². The molecule has 0 aliphatic carbocycles. The van der Waals surface area contributed by atoms with Gasteiger partial charge >= 0.3 is 5.97 Å². The molecule has 0 unspecified atom stereocenters. The number of rotatable bonds is 6. The Labute approximate surface area is 117 Å². The Kier molecular flexibility index (Phi) is 6.68. The van der Waals surface area contributed by atoms with Crippen molar-refractivity contribution in [2.24, 2.45) is 0 Å². The summed E-state index contributed by atoms with van der Waals surface area (Å²) in [5, 5.41) is 3.24. The van der Waals surface area contributed by atoms with E-state index in [9.17, 15) is 9.59 Å². The van der Waals surface area contributed by atoms with Crippen molar-refractivity contribution in [3.8, 4) is 0 Å². The zero-order valence-electron chi connectivity index (χ0n) is 10.7. The monoisotopic (exact) mass is 281 g/mol. The second-order valence-corrected chi connectivity index (χ2v) is 4.28. The zero-order valence-corrected chi connectivity index (χ0v) is 11.4. The molecule has 0 atom stereocenters. The summed E-state index contributed by atoms with van der Waals surface area (Å²) in [6.45, 7) is 2.27. The SMILES string of the molecule is CCCNC(=O)COC(=O)/C=C/c1ccc(Cl)cc1. The Bertz CT molecular complexity index is 454. The number of carbonyl (C=O) groups is 2. The third-order valence-electron chi connectivity index (χ3n) is 2.20. The molecule has 0 fully saturated rings. The molecule has 5 heteroatoms. The molecule has 0 aromatic heterocycles. The van der Waals surface area contributed by atoms with Gasteiger partial charge in [0.15, 0.2) is 6.61 Å². The fourth-order valence-corrected chi connectivity index (χ4v) is 1.36. The molecule has 0 bridgehead atoms. The number of carbonyl (C=O) groups excluding carboxylic acids is 2. The molecule has 1 amide bonds. The van der Waals surface area contributed by atoms with Crippen molar-refractivity contribution in [1.29, 1.82) is 0 Å². The van der Waals surface area contributed by atoms with Crippen LogP contribution in [0.2, 0.25) is 5.02 Å². The third kappa shape index (κ3) is 6.62. The van der Waals surface area contributed by atoms with Gasteiger partial charge in [-0.05, 0) is 30.2 Å². The Morgan fingerprint density at radius 2 is 2.00 bits per heavy atom. The van der Waals surface area contributed by atoms with Crippen molar-refractivity contribution in [2.75, 3.05) is 13.2 Å². The zero-order chi connectivity index (χ0) is 14.1. The molecule has 0 aliphatic rings. The van der Waals surface area contributed by atoms with Crippen LogP contribution in [0, 0.1) is 0 Å². The molecule has 102 valence electrons. The summed E-state index contributed by atoms with van der Waals surface area (Å²) < 4.78 is 4.78. The maximum absolute atomic E-state index is 11.3. The fourth-order valence-electron chi connectivity index (χ4n) is 1.24. The second-order valence-electron chi connectivity index (χ2n) is 3.84. The van der Waals surface area contributed by atoms with Crippen LogP contribution >= 0.6 is 11.6 Å². The van der Waals surface area contributed by atoms with E-state index in [2.05, 4.69) is 5.32 Å². The predicted octanol–water partition coefficient (Wildman–Crippen LogP) is 2.42. The quantitative estimate of drug-likeness (QED) is 0.643. The first-order valence-electron chi connectivity index (χ1n) is 5.99. The first-order chi connectivity index (χ1) is 9.11. The molecule has 0 saturated carbocycles. The summed E-state index contributed by atoms with van der Waals surface area (Å²) >= 11 is 5.74. The molecule has 1 N–H and O–H groups in total. The van der Waals surface area contributed by atoms with E-state index in [0.717, 1.165) is 12.0 Å². The van der Waals surface area contributed by atoms with E-state index >= 15 is 0 Å². The highest BCUT2D eigenvalue weighted by Gasteiger charge is 2.03. The van der Waals surface area contributed by atoms with Gasteiger partial charge in [-0.15, -0.1) is 0 Å². The maximum Gasteiger partial charge on any atom is 0.331 e. The molecular weight excluding hydrogens is 266 g/mol. The van der Waals surface area contributed by atoms with Crippen molar-refractivity contribution < 1.29 is 14.3 Å². The molecule has 4 nitrogen and oxygen atoms in total. The molecule has 0 aliphatic heterocycles. The van der Waals surface area contributed by atoms with E-state index in [4.69, 9.17) is 16.3 Å². The Balaban J connectivity index is 2.34. The summed E-state index contributed by atoms with van der Waals surface area (Å²) in [6, 6.07) is 7.01. The fraction of sp³-hybridized carbons (Fsp3) is 0.286. The van der Waals surface area contributed by atoms with Gasteiger partial charge in [0, 0.05) is 17.6 Å². The standard InChI is InChI=1S/C14H16ClNO3/c1-2-9-16-13(17)10-19-14(18)8-5-11-3-6-12(15)7-4-11/h3-8H,2,9-10H2,1H3,(H,16,17)/b8-5+. The van der Waals surface area contributed by atoms with Gasteiger partial charge in [0.1, 0.15) is 0 Å². The number of hydrogen-bond acceptors (Lipinski definition) is 3. The summed E-state index contributed by atoms with van der Waals surface area (Å²) in [5.74, 6) is -0.850. The first kappa shape index (κ1) is 15.2. The number of halogens is 1. The van der Waals surface area contributed by atoms with Crippen LogP contribution < -0.4 is 5.32 Å². The predicted molar refractivity (Wildman–Crippen MR) is 74.7 cm³/mol. The lowest BCUT2D eigenvalue weighted by atomic mass is 10.2. The summed E-state index contributed by atoms with van der Waals surface area (Å²) in [7, 11) is 0. The molecule has 1 rings (SSSR count). The average molecular weight is 282 g/mol. The summed E-state index contributed by atoms with van der Waals surface area (Å²) in [4.78, 5) is 22.5. The van der Waals surface area contributed by atoms with Crippen LogP contribution in [0.5, 0.6) is 0 Å². The lowest BCUT2D eigenvalue weighted by Gasteiger charge is -2.03. The van der Waals surface area contributed by atoms with Crippen LogP contribution in [0.4, 0.5) is 0 Å². The maximum atomic E-state index is 11.3. The minimum atomic E-state index is -0.554. The van der Waals surface area contributed by atoms with Crippen LogP contribution in [0.1, 0.15) is 18.9 Å². The number of nitrogens with one attached hydrogen (secondary N) is 1. The summed E-state index contributed by atoms with van der Waals surface area (Å²) in [6.07, 6.45) is 3.72. The van der Waals surface area contributed by atoms with E-state index in [0.29, 0.717) is 11.6 Å².